The second kappa shape index (κ2) is 5.02. The van der Waals surface area contributed by atoms with Crippen molar-refractivity contribution in [1.82, 2.24) is 15.3 Å². The van der Waals surface area contributed by atoms with Crippen molar-refractivity contribution in [2.24, 2.45) is 0 Å². The molecule has 1 atom stereocenters. The number of hydrogen-bond acceptors (Lipinski definition) is 4. The molecule has 0 bridgehead atoms. The maximum atomic E-state index is 5.50. The lowest BCUT2D eigenvalue weighted by molar-refractivity contribution is 0.110. The molecule has 1 aromatic heterocycles. The van der Waals surface area contributed by atoms with Gasteiger partial charge in [0.2, 0.25) is 0 Å². The predicted molar refractivity (Wildman–Crippen MR) is 52.7 cm³/mol. The SMILES string of the molecule is c1ncc(CNC[C@H]2CCCO2)cn1. The average Bonchev–Trinajstić information content (AvgIpc) is 2.72. The van der Waals surface area contributed by atoms with Crippen molar-refractivity contribution in [2.45, 2.75) is 25.5 Å². The van der Waals surface area contributed by atoms with Crippen molar-refractivity contribution in [1.29, 1.82) is 0 Å². The van der Waals surface area contributed by atoms with E-state index in [2.05, 4.69) is 15.3 Å². The Morgan fingerprint density at radius 3 is 3.00 bits per heavy atom. The Kier molecular flexibility index (Phi) is 3.43. The van der Waals surface area contributed by atoms with Crippen LogP contribution in [0.3, 0.4) is 0 Å². The number of rotatable bonds is 4. The minimum atomic E-state index is 0.402. The predicted octanol–water partition coefficient (Wildman–Crippen LogP) is 0.745. The second-order valence-electron chi connectivity index (χ2n) is 3.51. The van der Waals surface area contributed by atoms with Gasteiger partial charge in [-0.25, -0.2) is 9.97 Å². The summed E-state index contributed by atoms with van der Waals surface area (Å²) in [4.78, 5) is 7.91. The first-order valence-corrected chi connectivity index (χ1v) is 5.01. The topological polar surface area (TPSA) is 47.0 Å². The van der Waals surface area contributed by atoms with Crippen LogP contribution in [0, 0.1) is 0 Å². The zero-order valence-electron chi connectivity index (χ0n) is 8.15. The molecule has 1 fully saturated rings. The highest BCUT2D eigenvalue weighted by Gasteiger charge is 2.14. The van der Waals surface area contributed by atoms with Gasteiger partial charge in [-0.15, -0.1) is 0 Å². The molecule has 1 aliphatic heterocycles. The summed E-state index contributed by atoms with van der Waals surface area (Å²) in [5.74, 6) is 0. The molecule has 0 spiro atoms. The summed E-state index contributed by atoms with van der Waals surface area (Å²) in [6.45, 7) is 2.66. The largest absolute Gasteiger partial charge is 0.377 e. The van der Waals surface area contributed by atoms with Gasteiger partial charge in [0.25, 0.3) is 0 Å². The van der Waals surface area contributed by atoms with E-state index in [0.29, 0.717) is 6.10 Å². The molecule has 4 heteroatoms. The van der Waals surface area contributed by atoms with Crippen molar-refractivity contribution in [2.75, 3.05) is 13.2 Å². The molecule has 0 saturated carbocycles. The number of ether oxygens (including phenoxy) is 1. The van der Waals surface area contributed by atoms with E-state index < -0.39 is 0 Å². The second-order valence-corrected chi connectivity index (χ2v) is 3.51. The number of aromatic nitrogens is 2. The number of hydrogen-bond donors (Lipinski definition) is 1. The van der Waals surface area contributed by atoms with E-state index >= 15 is 0 Å². The Hall–Kier alpha value is -1.00. The summed E-state index contributed by atoms with van der Waals surface area (Å²) in [7, 11) is 0. The van der Waals surface area contributed by atoms with Crippen LogP contribution in [0.4, 0.5) is 0 Å². The lowest BCUT2D eigenvalue weighted by Crippen LogP contribution is -2.25. The fourth-order valence-electron chi connectivity index (χ4n) is 1.60. The Labute approximate surface area is 83.7 Å². The van der Waals surface area contributed by atoms with Gasteiger partial charge in [0.15, 0.2) is 0 Å². The highest BCUT2D eigenvalue weighted by molar-refractivity contribution is 5.01. The van der Waals surface area contributed by atoms with E-state index in [1.54, 1.807) is 6.33 Å². The van der Waals surface area contributed by atoms with Crippen molar-refractivity contribution >= 4 is 0 Å². The fraction of sp³-hybridized carbons (Fsp3) is 0.600. The summed E-state index contributed by atoms with van der Waals surface area (Å²) in [6, 6.07) is 0. The van der Waals surface area contributed by atoms with E-state index in [1.165, 1.54) is 12.8 Å². The molecule has 1 saturated heterocycles. The van der Waals surface area contributed by atoms with Gasteiger partial charge in [-0.2, -0.15) is 0 Å². The van der Waals surface area contributed by atoms with E-state index in [4.69, 9.17) is 4.74 Å². The van der Waals surface area contributed by atoms with Crippen molar-refractivity contribution < 1.29 is 4.74 Å². The minimum Gasteiger partial charge on any atom is -0.377 e. The first kappa shape index (κ1) is 9.55. The maximum absolute atomic E-state index is 5.50. The fourth-order valence-corrected chi connectivity index (χ4v) is 1.60. The third-order valence-electron chi connectivity index (χ3n) is 2.34. The molecule has 0 unspecified atom stereocenters. The molecule has 0 radical (unpaired) electrons. The van der Waals surface area contributed by atoms with Crippen LogP contribution in [0.5, 0.6) is 0 Å². The molecule has 1 aromatic rings. The molecule has 4 nitrogen and oxygen atoms in total. The smallest absolute Gasteiger partial charge is 0.115 e. The third-order valence-corrected chi connectivity index (χ3v) is 2.34. The maximum Gasteiger partial charge on any atom is 0.115 e. The molecular formula is C10H15N3O. The van der Waals surface area contributed by atoms with Gasteiger partial charge < -0.3 is 10.1 Å². The Bertz CT molecular complexity index is 259. The summed E-state index contributed by atoms with van der Waals surface area (Å²) < 4.78 is 5.50. The quantitative estimate of drug-likeness (QED) is 0.766. The van der Waals surface area contributed by atoms with Gasteiger partial charge in [0.05, 0.1) is 6.10 Å². The normalized spacial score (nSPS) is 21.3. The highest BCUT2D eigenvalue weighted by Crippen LogP contribution is 2.10. The standard InChI is InChI=1S/C10H15N3O/c1-2-10(14-3-1)7-11-4-9-5-12-8-13-6-9/h5-6,8,10-11H,1-4,7H2/t10-/m1/s1. The van der Waals surface area contributed by atoms with Gasteiger partial charge in [0.1, 0.15) is 6.33 Å². The van der Waals surface area contributed by atoms with Crippen molar-refractivity contribution in [3.63, 3.8) is 0 Å². The first-order valence-electron chi connectivity index (χ1n) is 5.01. The van der Waals surface area contributed by atoms with E-state index in [0.717, 1.165) is 25.3 Å². The molecule has 2 heterocycles. The Morgan fingerprint density at radius 2 is 2.29 bits per heavy atom. The van der Waals surface area contributed by atoms with Crippen LogP contribution in [0.2, 0.25) is 0 Å². The molecule has 76 valence electrons. The summed E-state index contributed by atoms with van der Waals surface area (Å²) in [6.07, 6.45) is 7.98. The van der Waals surface area contributed by atoms with Crippen LogP contribution in [0.1, 0.15) is 18.4 Å². The van der Waals surface area contributed by atoms with Crippen molar-refractivity contribution in [3.8, 4) is 0 Å². The molecule has 1 N–H and O–H groups in total. The minimum absolute atomic E-state index is 0.402. The first-order chi connectivity index (χ1) is 6.95. The third kappa shape index (κ3) is 2.75. The molecule has 0 aliphatic carbocycles. The highest BCUT2D eigenvalue weighted by atomic mass is 16.5. The molecule has 0 aromatic carbocycles. The summed E-state index contributed by atoms with van der Waals surface area (Å²) in [5.41, 5.74) is 1.12. The summed E-state index contributed by atoms with van der Waals surface area (Å²) >= 11 is 0. The van der Waals surface area contributed by atoms with Gasteiger partial charge in [-0.3, -0.25) is 0 Å². The van der Waals surface area contributed by atoms with Crippen LogP contribution in [0.25, 0.3) is 0 Å². The molecule has 14 heavy (non-hydrogen) atoms. The summed E-state index contributed by atoms with van der Waals surface area (Å²) in [5, 5.41) is 3.34. The monoisotopic (exact) mass is 193 g/mol. The molecule has 2 rings (SSSR count). The Balaban J connectivity index is 1.67. The van der Waals surface area contributed by atoms with Crippen LogP contribution in [-0.4, -0.2) is 29.2 Å². The molecular weight excluding hydrogens is 178 g/mol. The van der Waals surface area contributed by atoms with E-state index in [-0.39, 0.29) is 0 Å². The average molecular weight is 193 g/mol. The number of nitrogens with zero attached hydrogens (tertiary/aromatic N) is 2. The van der Waals surface area contributed by atoms with Crippen LogP contribution in [-0.2, 0) is 11.3 Å². The van der Waals surface area contributed by atoms with Crippen LogP contribution < -0.4 is 5.32 Å². The molecule has 0 amide bonds. The zero-order chi connectivity index (χ0) is 9.64. The molecule has 1 aliphatic rings. The lowest BCUT2D eigenvalue weighted by atomic mass is 10.2. The van der Waals surface area contributed by atoms with Gasteiger partial charge in [0, 0.05) is 37.7 Å². The zero-order valence-corrected chi connectivity index (χ0v) is 8.15. The van der Waals surface area contributed by atoms with E-state index in [1.807, 2.05) is 12.4 Å². The van der Waals surface area contributed by atoms with Gasteiger partial charge >= 0.3 is 0 Å². The van der Waals surface area contributed by atoms with Gasteiger partial charge in [-0.05, 0) is 12.8 Å². The van der Waals surface area contributed by atoms with Gasteiger partial charge in [-0.1, -0.05) is 0 Å². The number of nitrogens with one attached hydrogen (secondary N) is 1. The van der Waals surface area contributed by atoms with Crippen LogP contribution in [0.15, 0.2) is 18.7 Å². The van der Waals surface area contributed by atoms with Crippen molar-refractivity contribution in [3.05, 3.63) is 24.3 Å². The van der Waals surface area contributed by atoms with E-state index in [9.17, 15) is 0 Å². The lowest BCUT2D eigenvalue weighted by Gasteiger charge is -2.09. The van der Waals surface area contributed by atoms with Crippen LogP contribution >= 0.6 is 0 Å². The Morgan fingerprint density at radius 1 is 1.43 bits per heavy atom.